The first-order valence-electron chi connectivity index (χ1n) is 19.1. The van der Waals surface area contributed by atoms with Crippen molar-refractivity contribution in [2.24, 2.45) is 23.2 Å². The number of nitrogens with one attached hydrogen (secondary N) is 5. The molecule has 0 spiro atoms. The highest BCUT2D eigenvalue weighted by Gasteiger charge is 2.47. The average molecular weight is 758 g/mol. The van der Waals surface area contributed by atoms with Gasteiger partial charge in [-0.1, -0.05) is 91.5 Å². The van der Waals surface area contributed by atoms with Gasteiger partial charge in [0.05, 0.1) is 6.04 Å². The standard InChI is InChI=1S/C39H62N6O7S/c1-8-15-29(34(46)36(48)41-21-9-2)42-35(47)33-28(25(3)4)20-22-45(33)37(49)32(26-16-11-10-12-17-26)44-38(50)43-31(39(5,6)7)24-40-23-27-18-13-14-19-30(27)53(51)52/h9,13-14,18-19,25-26,28-29,31-33,40H,2,8,10-12,15-17,20-24H2,1,3-7H3,(H,41,48)(H,42,47)(H,51,52)(H2,43,44,50)/p-1. The van der Waals surface area contributed by atoms with Crippen LogP contribution in [0.3, 0.4) is 0 Å². The molecule has 1 aromatic carbocycles. The van der Waals surface area contributed by atoms with Crippen molar-refractivity contribution in [2.75, 3.05) is 19.6 Å². The Bertz CT molecular complexity index is 1460. The van der Waals surface area contributed by atoms with Crippen molar-refractivity contribution in [1.29, 1.82) is 0 Å². The summed E-state index contributed by atoms with van der Waals surface area (Å²) in [5.74, 6) is -2.62. The number of hydrogen-bond donors (Lipinski definition) is 5. The van der Waals surface area contributed by atoms with E-state index in [0.29, 0.717) is 31.5 Å². The first-order valence-corrected chi connectivity index (χ1v) is 20.2. The Morgan fingerprint density at radius 1 is 1.02 bits per heavy atom. The number of urea groups is 1. The molecule has 1 aliphatic carbocycles. The number of amides is 5. The van der Waals surface area contributed by atoms with Crippen LogP contribution in [0.15, 0.2) is 41.8 Å². The fourth-order valence-electron chi connectivity index (χ4n) is 7.43. The van der Waals surface area contributed by atoms with Crippen molar-refractivity contribution in [2.45, 2.75) is 129 Å². The molecule has 13 nitrogen and oxygen atoms in total. The van der Waals surface area contributed by atoms with Gasteiger partial charge >= 0.3 is 6.03 Å². The Morgan fingerprint density at radius 3 is 2.30 bits per heavy atom. The third-order valence-electron chi connectivity index (χ3n) is 10.5. The van der Waals surface area contributed by atoms with Crippen molar-refractivity contribution in [3.8, 4) is 0 Å². The van der Waals surface area contributed by atoms with E-state index in [9.17, 15) is 32.7 Å². The SMILES string of the molecule is C=CCNC(=O)C(=O)C(CCC)NC(=O)C1C(C(C)C)CCN1C(=O)C(NC(=O)NC(CNCc1ccccc1S(=O)[O-])C(C)(C)C)C1CCCCC1. The van der Waals surface area contributed by atoms with Gasteiger partial charge < -0.3 is 36.0 Å². The van der Waals surface area contributed by atoms with E-state index in [1.165, 1.54) is 6.08 Å². The summed E-state index contributed by atoms with van der Waals surface area (Å²) in [7, 11) is 0. The molecule has 1 heterocycles. The van der Waals surface area contributed by atoms with Crippen molar-refractivity contribution in [3.63, 3.8) is 0 Å². The number of likely N-dealkylation sites (tertiary alicyclic amines) is 1. The molecule has 6 unspecified atom stereocenters. The number of benzene rings is 1. The van der Waals surface area contributed by atoms with E-state index < -0.39 is 58.2 Å². The lowest BCUT2D eigenvalue weighted by Gasteiger charge is -2.37. The van der Waals surface area contributed by atoms with E-state index in [-0.39, 0.29) is 54.1 Å². The maximum Gasteiger partial charge on any atom is 0.315 e. The third-order valence-corrected chi connectivity index (χ3v) is 11.3. The molecule has 53 heavy (non-hydrogen) atoms. The second-order valence-electron chi connectivity index (χ2n) is 15.8. The summed E-state index contributed by atoms with van der Waals surface area (Å²) < 4.78 is 23.4. The molecule has 2 aliphatic rings. The highest BCUT2D eigenvalue weighted by atomic mass is 32.2. The summed E-state index contributed by atoms with van der Waals surface area (Å²) in [4.78, 5) is 69.9. The zero-order valence-corrected chi connectivity index (χ0v) is 33.2. The van der Waals surface area contributed by atoms with E-state index in [4.69, 9.17) is 0 Å². The van der Waals surface area contributed by atoms with Gasteiger partial charge in [-0.3, -0.25) is 23.4 Å². The topological polar surface area (TPSA) is 189 Å². The summed E-state index contributed by atoms with van der Waals surface area (Å²) in [6, 6.07) is 3.04. The molecule has 5 N–H and O–H groups in total. The molecule has 0 radical (unpaired) electrons. The molecule has 1 aliphatic heterocycles. The maximum atomic E-state index is 14.6. The first-order chi connectivity index (χ1) is 25.1. The van der Waals surface area contributed by atoms with Gasteiger partial charge in [0.25, 0.3) is 5.91 Å². The van der Waals surface area contributed by atoms with Gasteiger partial charge in [0, 0.05) is 37.1 Å². The van der Waals surface area contributed by atoms with Crippen LogP contribution in [0, 0.1) is 23.2 Å². The van der Waals surface area contributed by atoms with Gasteiger partial charge in [-0.2, -0.15) is 0 Å². The molecule has 5 amide bonds. The number of carbonyl (C=O) groups excluding carboxylic acids is 5. The Kier molecular flexibility index (Phi) is 17.1. The molecular formula is C39H61N6O7S-. The number of hydrogen-bond acceptors (Lipinski definition) is 8. The van der Waals surface area contributed by atoms with E-state index in [1.54, 1.807) is 29.2 Å². The molecule has 1 saturated carbocycles. The minimum absolute atomic E-state index is 0.0461. The number of carbonyl (C=O) groups is 5. The van der Waals surface area contributed by atoms with E-state index in [2.05, 4.69) is 33.2 Å². The molecule has 3 rings (SSSR count). The fourth-order valence-corrected chi connectivity index (χ4v) is 7.97. The molecule has 6 atom stereocenters. The number of Topliss-reactive ketones (excluding diaryl/α,β-unsaturated/α-hetero) is 1. The Labute approximate surface area is 317 Å². The van der Waals surface area contributed by atoms with Crippen LogP contribution in [-0.4, -0.2) is 87.0 Å². The zero-order chi connectivity index (χ0) is 39.3. The Morgan fingerprint density at radius 2 is 1.70 bits per heavy atom. The van der Waals surface area contributed by atoms with E-state index in [0.717, 1.165) is 32.1 Å². The third kappa shape index (κ3) is 12.5. The van der Waals surface area contributed by atoms with Gasteiger partial charge in [0.15, 0.2) is 0 Å². The fraction of sp³-hybridized carbons (Fsp3) is 0.667. The second-order valence-corrected chi connectivity index (χ2v) is 16.7. The molecule has 0 bridgehead atoms. The van der Waals surface area contributed by atoms with Gasteiger partial charge in [0.1, 0.15) is 12.1 Å². The molecule has 2 fully saturated rings. The van der Waals surface area contributed by atoms with Crippen LogP contribution in [0.2, 0.25) is 0 Å². The lowest BCUT2D eigenvalue weighted by Crippen LogP contribution is -2.61. The van der Waals surface area contributed by atoms with Crippen LogP contribution in [-0.2, 0) is 36.8 Å². The number of nitrogens with zero attached hydrogens (tertiary/aromatic N) is 1. The van der Waals surface area contributed by atoms with Gasteiger partial charge in [-0.25, -0.2) is 4.79 Å². The lowest BCUT2D eigenvalue weighted by atomic mass is 9.82. The predicted octanol–water partition coefficient (Wildman–Crippen LogP) is 3.71. The number of ketones is 1. The van der Waals surface area contributed by atoms with Crippen molar-refractivity contribution >= 4 is 40.6 Å². The highest BCUT2D eigenvalue weighted by Crippen LogP contribution is 2.34. The van der Waals surface area contributed by atoms with Crippen molar-refractivity contribution in [1.82, 2.24) is 31.5 Å². The normalized spacial score (nSPS) is 20.2. The van der Waals surface area contributed by atoms with Gasteiger partial charge in [-0.15, -0.1) is 6.58 Å². The predicted molar refractivity (Wildman–Crippen MR) is 204 cm³/mol. The summed E-state index contributed by atoms with van der Waals surface area (Å²) in [6.07, 6.45) is 7.27. The largest absolute Gasteiger partial charge is 0.768 e. The molecule has 1 aromatic rings. The molecule has 14 heteroatoms. The highest BCUT2D eigenvalue weighted by molar-refractivity contribution is 7.79. The van der Waals surface area contributed by atoms with Crippen LogP contribution in [0.4, 0.5) is 4.79 Å². The quantitative estimate of drug-likeness (QED) is 0.0852. The van der Waals surface area contributed by atoms with Crippen molar-refractivity contribution in [3.05, 3.63) is 42.5 Å². The second kappa shape index (κ2) is 20.7. The molecule has 1 saturated heterocycles. The lowest BCUT2D eigenvalue weighted by molar-refractivity contribution is -0.144. The Balaban J connectivity index is 1.82. The zero-order valence-electron chi connectivity index (χ0n) is 32.3. The van der Waals surface area contributed by atoms with E-state index >= 15 is 0 Å². The number of rotatable bonds is 18. The average Bonchev–Trinajstić information content (AvgIpc) is 3.58. The van der Waals surface area contributed by atoms with Crippen molar-refractivity contribution < 1.29 is 32.7 Å². The van der Waals surface area contributed by atoms with Gasteiger partial charge in [0.2, 0.25) is 17.6 Å². The summed E-state index contributed by atoms with van der Waals surface area (Å²) >= 11 is -2.38. The van der Waals surface area contributed by atoms with Crippen LogP contribution in [0.1, 0.15) is 98.5 Å². The molecule has 0 aromatic heterocycles. The smallest absolute Gasteiger partial charge is 0.315 e. The van der Waals surface area contributed by atoms with Crippen LogP contribution >= 0.6 is 0 Å². The minimum atomic E-state index is -2.38. The molecular weight excluding hydrogens is 697 g/mol. The molecule has 296 valence electrons. The summed E-state index contributed by atoms with van der Waals surface area (Å²) in [6.45, 7) is 16.4. The van der Waals surface area contributed by atoms with E-state index in [1.807, 2.05) is 41.5 Å². The first kappa shape index (κ1) is 43.8. The monoisotopic (exact) mass is 757 g/mol. The Hall–Kier alpha value is -3.62. The summed E-state index contributed by atoms with van der Waals surface area (Å²) in [5, 5.41) is 14.7. The maximum absolute atomic E-state index is 14.6. The van der Waals surface area contributed by atoms with Crippen LogP contribution < -0.4 is 26.6 Å². The van der Waals surface area contributed by atoms with Crippen LogP contribution in [0.25, 0.3) is 0 Å². The van der Waals surface area contributed by atoms with Crippen LogP contribution in [0.5, 0.6) is 0 Å². The van der Waals surface area contributed by atoms with Gasteiger partial charge in [-0.05, 0) is 71.6 Å². The summed E-state index contributed by atoms with van der Waals surface area (Å²) in [5.41, 5.74) is 0.221. The minimum Gasteiger partial charge on any atom is -0.768 e.